The summed E-state index contributed by atoms with van der Waals surface area (Å²) in [7, 11) is 0. The number of nitrogens with zero attached hydrogens (tertiary/aromatic N) is 3. The number of rotatable bonds is 4. The smallest absolute Gasteiger partial charge is 0.350 e. The lowest BCUT2D eigenvalue weighted by Crippen LogP contribution is -2.42. The van der Waals surface area contributed by atoms with E-state index in [0.717, 1.165) is 37.7 Å². The van der Waals surface area contributed by atoms with Crippen LogP contribution >= 0.6 is 0 Å². The zero-order valence-electron chi connectivity index (χ0n) is 13.7. The number of aromatic nitrogens is 2. The van der Waals surface area contributed by atoms with Crippen molar-refractivity contribution in [3.05, 3.63) is 53.4 Å². The lowest BCUT2D eigenvalue weighted by atomic mass is 10.0. The van der Waals surface area contributed by atoms with Crippen molar-refractivity contribution in [3.8, 4) is 0 Å². The van der Waals surface area contributed by atoms with Gasteiger partial charge in [-0.2, -0.15) is 13.2 Å². The van der Waals surface area contributed by atoms with Gasteiger partial charge in [-0.05, 0) is 31.5 Å². The van der Waals surface area contributed by atoms with Crippen LogP contribution in [0.5, 0.6) is 0 Å². The van der Waals surface area contributed by atoms with Gasteiger partial charge in [0.2, 0.25) is 5.95 Å². The lowest BCUT2D eigenvalue weighted by Gasteiger charge is -2.33. The highest BCUT2D eigenvalue weighted by Crippen LogP contribution is 2.28. The van der Waals surface area contributed by atoms with Crippen LogP contribution in [-0.4, -0.2) is 34.0 Å². The molecule has 26 heavy (non-hydrogen) atoms. The minimum Gasteiger partial charge on any atom is -0.350 e. The van der Waals surface area contributed by atoms with Gasteiger partial charge in [-0.1, -0.05) is 6.07 Å². The van der Waals surface area contributed by atoms with Crippen molar-refractivity contribution in [2.24, 2.45) is 0 Å². The van der Waals surface area contributed by atoms with Crippen molar-refractivity contribution in [2.75, 3.05) is 18.4 Å². The molecule has 1 aliphatic rings. The van der Waals surface area contributed by atoms with E-state index in [1.54, 1.807) is 0 Å². The summed E-state index contributed by atoms with van der Waals surface area (Å²) in [6.45, 7) is 1.52. The van der Waals surface area contributed by atoms with Crippen LogP contribution in [0.1, 0.15) is 24.1 Å². The van der Waals surface area contributed by atoms with Gasteiger partial charge in [0.15, 0.2) is 0 Å². The quantitative estimate of drug-likeness (QED) is 0.828. The van der Waals surface area contributed by atoms with Crippen LogP contribution in [0.3, 0.4) is 0 Å². The van der Waals surface area contributed by atoms with E-state index < -0.39 is 23.5 Å². The van der Waals surface area contributed by atoms with Crippen LogP contribution in [0.25, 0.3) is 0 Å². The van der Waals surface area contributed by atoms with Crippen LogP contribution in [0.4, 0.5) is 27.9 Å². The Morgan fingerprint density at radius 1 is 1.19 bits per heavy atom. The van der Waals surface area contributed by atoms with Crippen LogP contribution < -0.4 is 5.32 Å². The number of hydrogen-bond acceptors (Lipinski definition) is 4. The molecule has 0 bridgehead atoms. The first-order valence-corrected chi connectivity index (χ1v) is 8.14. The first-order valence-electron chi connectivity index (χ1n) is 8.14. The third kappa shape index (κ3) is 4.66. The molecule has 1 saturated heterocycles. The molecule has 1 unspecified atom stereocenters. The first kappa shape index (κ1) is 18.5. The molecule has 0 saturated carbocycles. The molecular weight excluding hydrogens is 355 g/mol. The second-order valence-electron chi connectivity index (χ2n) is 6.22. The Bertz CT molecular complexity index is 765. The van der Waals surface area contributed by atoms with Gasteiger partial charge in [0.1, 0.15) is 17.3 Å². The Labute approximate surface area is 147 Å². The maximum absolute atomic E-state index is 13.8. The Balaban J connectivity index is 1.63. The standard InChI is InChI=1S/C17H17F5N4/c18-12-4-3-11(14(19)8-12)9-26-7-1-2-13(10-26)24-16-23-6-5-15(25-16)17(20,21)22/h3-6,8,13H,1-2,7,9-10H2,(H,23,24,25). The lowest BCUT2D eigenvalue weighted by molar-refractivity contribution is -0.141. The molecule has 2 aromatic rings. The number of alkyl halides is 3. The van der Waals surface area contributed by atoms with Crippen LogP contribution in [0, 0.1) is 11.6 Å². The summed E-state index contributed by atoms with van der Waals surface area (Å²) in [4.78, 5) is 9.30. The van der Waals surface area contributed by atoms with Gasteiger partial charge in [0.05, 0.1) is 0 Å². The SMILES string of the molecule is Fc1ccc(CN2CCCC(Nc3nccc(C(F)(F)F)n3)C2)c(F)c1. The van der Waals surface area contributed by atoms with Crippen molar-refractivity contribution >= 4 is 5.95 Å². The summed E-state index contributed by atoms with van der Waals surface area (Å²) in [5.41, 5.74) is -0.626. The zero-order valence-corrected chi connectivity index (χ0v) is 13.7. The maximum Gasteiger partial charge on any atom is 0.433 e. The fourth-order valence-corrected chi connectivity index (χ4v) is 2.98. The zero-order chi connectivity index (χ0) is 18.7. The molecule has 0 spiro atoms. The monoisotopic (exact) mass is 372 g/mol. The van der Waals surface area contributed by atoms with Crippen molar-refractivity contribution in [1.82, 2.24) is 14.9 Å². The van der Waals surface area contributed by atoms with Crippen molar-refractivity contribution < 1.29 is 22.0 Å². The Kier molecular flexibility index (Phi) is 5.36. The van der Waals surface area contributed by atoms with Gasteiger partial charge in [-0.25, -0.2) is 18.7 Å². The molecule has 1 aromatic heterocycles. The largest absolute Gasteiger partial charge is 0.433 e. The predicted molar refractivity (Wildman–Crippen MR) is 85.3 cm³/mol. The van der Waals surface area contributed by atoms with Gasteiger partial charge in [-0.15, -0.1) is 0 Å². The van der Waals surface area contributed by atoms with E-state index in [-0.39, 0.29) is 12.0 Å². The Morgan fingerprint density at radius 2 is 2.00 bits per heavy atom. The normalized spacial score (nSPS) is 18.7. The molecule has 4 nitrogen and oxygen atoms in total. The number of benzene rings is 1. The average molecular weight is 372 g/mol. The van der Waals surface area contributed by atoms with Crippen molar-refractivity contribution in [1.29, 1.82) is 0 Å². The summed E-state index contributed by atoms with van der Waals surface area (Å²) >= 11 is 0. The number of anilines is 1. The summed E-state index contributed by atoms with van der Waals surface area (Å²) in [6.07, 6.45) is -1.94. The molecule has 1 atom stereocenters. The second-order valence-corrected chi connectivity index (χ2v) is 6.22. The number of likely N-dealkylation sites (tertiary alicyclic amines) is 1. The number of halogens is 5. The molecule has 0 aliphatic carbocycles. The molecule has 1 fully saturated rings. The molecule has 1 aromatic carbocycles. The number of nitrogens with one attached hydrogen (secondary N) is 1. The van der Waals surface area contributed by atoms with Gasteiger partial charge in [0.25, 0.3) is 0 Å². The minimum absolute atomic E-state index is 0.0837. The van der Waals surface area contributed by atoms with Crippen molar-refractivity contribution in [3.63, 3.8) is 0 Å². The molecule has 3 rings (SSSR count). The number of hydrogen-bond donors (Lipinski definition) is 1. The highest BCUT2D eigenvalue weighted by molar-refractivity contribution is 5.28. The summed E-state index contributed by atoms with van der Waals surface area (Å²) in [5.74, 6) is -1.33. The fraction of sp³-hybridized carbons (Fsp3) is 0.412. The summed E-state index contributed by atoms with van der Waals surface area (Å²) in [5, 5.41) is 2.92. The number of piperidine rings is 1. The minimum atomic E-state index is -4.53. The Hall–Kier alpha value is -2.29. The van der Waals surface area contributed by atoms with Crippen LogP contribution in [0.2, 0.25) is 0 Å². The third-order valence-corrected chi connectivity index (χ3v) is 4.19. The van der Waals surface area contributed by atoms with E-state index in [1.165, 1.54) is 12.1 Å². The van der Waals surface area contributed by atoms with Crippen molar-refractivity contribution in [2.45, 2.75) is 31.6 Å². The second kappa shape index (κ2) is 7.53. The first-order chi connectivity index (χ1) is 12.3. The third-order valence-electron chi connectivity index (χ3n) is 4.19. The van der Waals surface area contributed by atoms with Gasteiger partial charge in [0, 0.05) is 37.0 Å². The molecule has 0 amide bonds. The topological polar surface area (TPSA) is 41.0 Å². The van der Waals surface area contributed by atoms with Gasteiger partial charge < -0.3 is 5.32 Å². The average Bonchev–Trinajstić information content (AvgIpc) is 2.57. The van der Waals surface area contributed by atoms with E-state index >= 15 is 0 Å². The Morgan fingerprint density at radius 3 is 2.73 bits per heavy atom. The molecule has 1 aliphatic heterocycles. The molecule has 2 heterocycles. The van der Waals surface area contributed by atoms with Crippen LogP contribution in [-0.2, 0) is 12.7 Å². The molecule has 9 heteroatoms. The van der Waals surface area contributed by atoms with Crippen LogP contribution in [0.15, 0.2) is 30.5 Å². The molecule has 140 valence electrons. The molecular formula is C17H17F5N4. The highest BCUT2D eigenvalue weighted by atomic mass is 19.4. The van der Waals surface area contributed by atoms with Gasteiger partial charge >= 0.3 is 6.18 Å². The van der Waals surface area contributed by atoms with E-state index in [0.29, 0.717) is 18.7 Å². The molecule has 0 radical (unpaired) electrons. The van der Waals surface area contributed by atoms with E-state index in [2.05, 4.69) is 15.3 Å². The fourth-order valence-electron chi connectivity index (χ4n) is 2.98. The van der Waals surface area contributed by atoms with E-state index in [4.69, 9.17) is 0 Å². The summed E-state index contributed by atoms with van der Waals surface area (Å²) in [6, 6.07) is 4.10. The highest BCUT2D eigenvalue weighted by Gasteiger charge is 2.33. The van der Waals surface area contributed by atoms with Gasteiger partial charge in [-0.3, -0.25) is 4.90 Å². The predicted octanol–water partition coefficient (Wildman–Crippen LogP) is 3.85. The van der Waals surface area contributed by atoms with E-state index in [1.807, 2.05) is 4.90 Å². The molecule has 1 N–H and O–H groups in total. The maximum atomic E-state index is 13.8. The van der Waals surface area contributed by atoms with E-state index in [9.17, 15) is 22.0 Å². The summed E-state index contributed by atoms with van der Waals surface area (Å²) < 4.78 is 65.0.